The summed E-state index contributed by atoms with van der Waals surface area (Å²) < 4.78 is 11.2. The maximum Gasteiger partial charge on any atom is 0.410 e. The number of piperazine rings is 1. The highest BCUT2D eigenvalue weighted by Crippen LogP contribution is 2.36. The third-order valence-corrected chi connectivity index (χ3v) is 4.12. The van der Waals surface area contributed by atoms with Gasteiger partial charge in [-0.3, -0.25) is 4.79 Å². The number of hydrogen-bond acceptors (Lipinski definition) is 5. The predicted octanol–water partition coefficient (Wildman–Crippen LogP) is 1.60. The Labute approximate surface area is 141 Å². The SMILES string of the molecule is CC(C)(C)OC(=O)N1CCN2c3ccc(C(N)=O)cc3OCC2C1. The summed E-state index contributed by atoms with van der Waals surface area (Å²) in [6.07, 6.45) is -0.294. The Morgan fingerprint density at radius 3 is 2.71 bits per heavy atom. The van der Waals surface area contributed by atoms with Crippen molar-refractivity contribution in [1.82, 2.24) is 4.90 Å². The number of hydrogen-bond donors (Lipinski definition) is 1. The molecule has 0 spiro atoms. The molecule has 2 aliphatic rings. The first-order chi connectivity index (χ1) is 11.2. The van der Waals surface area contributed by atoms with Crippen molar-refractivity contribution in [3.05, 3.63) is 23.8 Å². The van der Waals surface area contributed by atoms with E-state index in [1.807, 2.05) is 26.8 Å². The van der Waals surface area contributed by atoms with Crippen molar-refractivity contribution >= 4 is 17.7 Å². The van der Waals surface area contributed by atoms with Gasteiger partial charge in [-0.15, -0.1) is 0 Å². The summed E-state index contributed by atoms with van der Waals surface area (Å²) in [4.78, 5) is 27.5. The molecule has 1 fully saturated rings. The lowest BCUT2D eigenvalue weighted by molar-refractivity contribution is 0.0194. The van der Waals surface area contributed by atoms with Crippen molar-refractivity contribution in [2.24, 2.45) is 5.73 Å². The Morgan fingerprint density at radius 1 is 1.29 bits per heavy atom. The number of anilines is 1. The van der Waals surface area contributed by atoms with E-state index in [1.165, 1.54) is 0 Å². The van der Waals surface area contributed by atoms with Crippen LogP contribution in [0.3, 0.4) is 0 Å². The third kappa shape index (κ3) is 3.25. The van der Waals surface area contributed by atoms with Gasteiger partial charge in [0.15, 0.2) is 0 Å². The fourth-order valence-electron chi connectivity index (χ4n) is 3.01. The standard InChI is InChI=1S/C17H23N3O4/c1-17(2,3)24-16(22)19-6-7-20-12(9-19)10-23-14-8-11(15(18)21)4-5-13(14)20/h4-5,8,12H,6-7,9-10H2,1-3H3,(H2,18,21). The molecule has 130 valence electrons. The second-order valence-corrected chi connectivity index (χ2v) is 7.13. The zero-order chi connectivity index (χ0) is 17.5. The van der Waals surface area contributed by atoms with Crippen molar-refractivity contribution < 1.29 is 19.1 Å². The molecule has 0 aromatic heterocycles. The molecule has 1 unspecified atom stereocenters. The topological polar surface area (TPSA) is 85.1 Å². The first-order valence-electron chi connectivity index (χ1n) is 8.06. The molecule has 0 saturated carbocycles. The van der Waals surface area contributed by atoms with Crippen molar-refractivity contribution in [2.75, 3.05) is 31.1 Å². The first-order valence-corrected chi connectivity index (χ1v) is 8.06. The van der Waals surface area contributed by atoms with Crippen LogP contribution in [0.1, 0.15) is 31.1 Å². The molecule has 2 aliphatic heterocycles. The largest absolute Gasteiger partial charge is 0.489 e. The molecule has 2 amide bonds. The van der Waals surface area contributed by atoms with Gasteiger partial charge in [-0.2, -0.15) is 0 Å². The molecule has 3 rings (SSSR count). The number of rotatable bonds is 1. The number of primary amides is 1. The summed E-state index contributed by atoms with van der Waals surface area (Å²) in [6.45, 7) is 7.85. The van der Waals surface area contributed by atoms with Gasteiger partial charge in [0.05, 0.1) is 11.7 Å². The van der Waals surface area contributed by atoms with Crippen LogP contribution in [-0.4, -0.2) is 54.8 Å². The van der Waals surface area contributed by atoms with Gasteiger partial charge in [-0.25, -0.2) is 4.79 Å². The third-order valence-electron chi connectivity index (χ3n) is 4.12. The van der Waals surface area contributed by atoms with Crippen LogP contribution < -0.4 is 15.4 Å². The number of ether oxygens (including phenoxy) is 2. The maximum absolute atomic E-state index is 12.2. The molecule has 1 atom stereocenters. The van der Waals surface area contributed by atoms with Crippen LogP contribution in [0.5, 0.6) is 5.75 Å². The molecule has 1 aromatic carbocycles. The Hall–Kier alpha value is -2.44. The summed E-state index contributed by atoms with van der Waals surface area (Å²) >= 11 is 0. The molecular formula is C17H23N3O4. The second kappa shape index (κ2) is 5.89. The van der Waals surface area contributed by atoms with Gasteiger partial charge in [0.1, 0.15) is 18.0 Å². The van der Waals surface area contributed by atoms with Crippen LogP contribution in [0.15, 0.2) is 18.2 Å². The van der Waals surface area contributed by atoms with Gasteiger partial charge in [0.2, 0.25) is 5.91 Å². The first kappa shape index (κ1) is 16.4. The second-order valence-electron chi connectivity index (χ2n) is 7.13. The van der Waals surface area contributed by atoms with Crippen molar-refractivity contribution in [3.8, 4) is 5.75 Å². The van der Waals surface area contributed by atoms with Crippen LogP contribution in [0, 0.1) is 0 Å². The van der Waals surface area contributed by atoms with Crippen LogP contribution >= 0.6 is 0 Å². The van der Waals surface area contributed by atoms with Gasteiger partial charge in [0.25, 0.3) is 0 Å². The lowest BCUT2D eigenvalue weighted by Crippen LogP contribution is -2.59. The molecule has 1 saturated heterocycles. The lowest BCUT2D eigenvalue weighted by Gasteiger charge is -2.45. The zero-order valence-corrected chi connectivity index (χ0v) is 14.2. The van der Waals surface area contributed by atoms with Gasteiger partial charge >= 0.3 is 6.09 Å². The highest BCUT2D eigenvalue weighted by Gasteiger charge is 2.36. The molecule has 2 heterocycles. The molecular weight excluding hydrogens is 310 g/mol. The van der Waals surface area contributed by atoms with Crippen molar-refractivity contribution in [2.45, 2.75) is 32.4 Å². The van der Waals surface area contributed by atoms with E-state index in [0.29, 0.717) is 37.6 Å². The molecule has 0 aliphatic carbocycles. The molecule has 0 radical (unpaired) electrons. The molecule has 0 bridgehead atoms. The maximum atomic E-state index is 12.2. The van der Waals surface area contributed by atoms with E-state index >= 15 is 0 Å². The molecule has 7 nitrogen and oxygen atoms in total. The van der Waals surface area contributed by atoms with Gasteiger partial charge in [-0.05, 0) is 39.0 Å². The quantitative estimate of drug-likeness (QED) is 0.844. The monoisotopic (exact) mass is 333 g/mol. The molecule has 1 aromatic rings. The average Bonchev–Trinajstić information content (AvgIpc) is 2.51. The van der Waals surface area contributed by atoms with Crippen molar-refractivity contribution in [1.29, 1.82) is 0 Å². The van der Waals surface area contributed by atoms with E-state index in [0.717, 1.165) is 5.69 Å². The number of benzene rings is 1. The summed E-state index contributed by atoms with van der Waals surface area (Å²) in [7, 11) is 0. The Balaban J connectivity index is 1.73. The van der Waals surface area contributed by atoms with Gasteiger partial charge < -0.3 is 25.0 Å². The number of nitrogens with zero attached hydrogens (tertiary/aromatic N) is 2. The normalized spacial score (nSPS) is 19.9. The van der Waals surface area contributed by atoms with E-state index < -0.39 is 11.5 Å². The zero-order valence-electron chi connectivity index (χ0n) is 14.2. The summed E-state index contributed by atoms with van der Waals surface area (Å²) in [6, 6.07) is 5.30. The molecule has 2 N–H and O–H groups in total. The Kier molecular flexibility index (Phi) is 4.03. The smallest absolute Gasteiger partial charge is 0.410 e. The number of amides is 2. The van der Waals surface area contributed by atoms with Gasteiger partial charge in [0, 0.05) is 25.2 Å². The van der Waals surface area contributed by atoms with E-state index in [1.54, 1.807) is 17.0 Å². The fraction of sp³-hybridized carbons (Fsp3) is 0.529. The summed E-state index contributed by atoms with van der Waals surface area (Å²) in [5.41, 5.74) is 6.17. The minimum atomic E-state index is -0.505. The lowest BCUT2D eigenvalue weighted by atomic mass is 10.1. The Morgan fingerprint density at radius 2 is 2.04 bits per heavy atom. The molecule has 24 heavy (non-hydrogen) atoms. The van der Waals surface area contributed by atoms with E-state index in [9.17, 15) is 9.59 Å². The fourth-order valence-corrected chi connectivity index (χ4v) is 3.01. The number of carbonyl (C=O) groups excluding carboxylic acids is 2. The predicted molar refractivity (Wildman–Crippen MR) is 89.4 cm³/mol. The van der Waals surface area contributed by atoms with Gasteiger partial charge in [-0.1, -0.05) is 0 Å². The van der Waals surface area contributed by atoms with Crippen LogP contribution in [0.4, 0.5) is 10.5 Å². The average molecular weight is 333 g/mol. The number of fused-ring (bicyclic) bond motifs is 3. The summed E-state index contributed by atoms with van der Waals surface area (Å²) in [5.74, 6) is 0.187. The van der Waals surface area contributed by atoms with E-state index in [2.05, 4.69) is 4.90 Å². The van der Waals surface area contributed by atoms with Crippen LogP contribution in [0.2, 0.25) is 0 Å². The van der Waals surface area contributed by atoms with Crippen LogP contribution in [0.25, 0.3) is 0 Å². The van der Waals surface area contributed by atoms with Crippen LogP contribution in [-0.2, 0) is 4.74 Å². The number of nitrogens with two attached hydrogens (primary N) is 1. The van der Waals surface area contributed by atoms with Crippen molar-refractivity contribution in [3.63, 3.8) is 0 Å². The molecule has 7 heteroatoms. The minimum absolute atomic E-state index is 0.0678. The van der Waals surface area contributed by atoms with E-state index in [4.69, 9.17) is 15.2 Å². The highest BCUT2D eigenvalue weighted by atomic mass is 16.6. The Bertz CT molecular complexity index is 668. The summed E-state index contributed by atoms with van der Waals surface area (Å²) in [5, 5.41) is 0. The highest BCUT2D eigenvalue weighted by molar-refractivity contribution is 5.94. The number of carbonyl (C=O) groups is 2. The van der Waals surface area contributed by atoms with E-state index in [-0.39, 0.29) is 12.1 Å². The minimum Gasteiger partial charge on any atom is -0.489 e.